The number of rotatable bonds is 2. The van der Waals surface area contributed by atoms with Crippen molar-refractivity contribution in [3.63, 3.8) is 0 Å². The summed E-state index contributed by atoms with van der Waals surface area (Å²) in [5.41, 5.74) is 6.79. The summed E-state index contributed by atoms with van der Waals surface area (Å²) in [7, 11) is 0. The Morgan fingerprint density at radius 2 is 1.35 bits per heavy atom. The molecule has 4 nitrogen and oxygen atoms in total. The van der Waals surface area contributed by atoms with Gasteiger partial charge in [-0.25, -0.2) is 9.97 Å². The minimum atomic E-state index is -0.223. The zero-order chi connectivity index (χ0) is 15.0. The molecule has 0 fully saturated rings. The van der Waals surface area contributed by atoms with Crippen molar-refractivity contribution >= 4 is 12.4 Å². The molecule has 0 aliphatic rings. The lowest BCUT2D eigenvalue weighted by Crippen LogP contribution is -2.25. The summed E-state index contributed by atoms with van der Waals surface area (Å²) in [6, 6.07) is 0.00480. The van der Waals surface area contributed by atoms with E-state index in [1.165, 1.54) is 0 Å². The lowest BCUT2D eigenvalue weighted by Gasteiger charge is -2.26. The number of nitrogens with zero attached hydrogens (tertiary/aromatic N) is 2. The van der Waals surface area contributed by atoms with Crippen molar-refractivity contribution in [2.75, 3.05) is 0 Å². The molecule has 1 rings (SSSR count). The number of hydrogen-bond donors (Lipinski definition) is 2. The molecule has 0 aliphatic carbocycles. The van der Waals surface area contributed by atoms with Crippen LogP contribution >= 0.6 is 12.4 Å². The van der Waals surface area contributed by atoms with Crippen LogP contribution in [-0.4, -0.2) is 21.1 Å². The summed E-state index contributed by atoms with van der Waals surface area (Å²) >= 11 is 0. The molecular weight excluding hydrogens is 274 g/mol. The zero-order valence-corrected chi connectivity index (χ0v) is 14.4. The third-order valence-corrected chi connectivity index (χ3v) is 2.86. The van der Waals surface area contributed by atoms with Crippen LogP contribution in [0.15, 0.2) is 0 Å². The number of halogens is 1. The van der Waals surface area contributed by atoms with E-state index in [-0.39, 0.29) is 35.0 Å². The first-order valence-corrected chi connectivity index (χ1v) is 6.79. The summed E-state index contributed by atoms with van der Waals surface area (Å²) in [5, 5.41) is 10.5. The topological polar surface area (TPSA) is 72.0 Å². The van der Waals surface area contributed by atoms with Crippen molar-refractivity contribution in [2.45, 2.75) is 71.8 Å². The normalized spacial score (nSPS) is 13.8. The monoisotopic (exact) mass is 301 g/mol. The van der Waals surface area contributed by atoms with E-state index >= 15 is 0 Å². The molecule has 0 radical (unpaired) electrons. The second kappa shape index (κ2) is 6.27. The maximum Gasteiger partial charge on any atom is 0.159 e. The number of nitrogens with two attached hydrogens (primary N) is 1. The van der Waals surface area contributed by atoms with Crippen LogP contribution in [0.2, 0.25) is 0 Å². The van der Waals surface area contributed by atoms with Gasteiger partial charge in [0.2, 0.25) is 0 Å². The number of hydrogen-bond acceptors (Lipinski definition) is 4. The maximum atomic E-state index is 10.5. The highest BCUT2D eigenvalue weighted by Crippen LogP contribution is 2.36. The van der Waals surface area contributed by atoms with Gasteiger partial charge >= 0.3 is 0 Å². The smallest absolute Gasteiger partial charge is 0.159 e. The Morgan fingerprint density at radius 3 is 1.60 bits per heavy atom. The molecule has 0 bridgehead atoms. The van der Waals surface area contributed by atoms with Crippen LogP contribution < -0.4 is 5.73 Å². The summed E-state index contributed by atoms with van der Waals surface area (Å²) < 4.78 is 0. The molecule has 0 saturated carbocycles. The van der Waals surface area contributed by atoms with Gasteiger partial charge in [-0.2, -0.15) is 0 Å². The standard InChI is InChI=1S/C15H27N3O.ClH/c1-9(16)8-10-17-12(14(2,3)4)11(19)13(18-10)15(5,6)7;/h9,19H,8,16H2,1-7H3;1H. The fourth-order valence-corrected chi connectivity index (χ4v) is 1.93. The van der Waals surface area contributed by atoms with Crippen LogP contribution in [-0.2, 0) is 17.3 Å². The zero-order valence-electron chi connectivity index (χ0n) is 13.6. The lowest BCUT2D eigenvalue weighted by molar-refractivity contribution is 0.402. The summed E-state index contributed by atoms with van der Waals surface area (Å²) in [6.07, 6.45) is 0.618. The van der Waals surface area contributed by atoms with Crippen molar-refractivity contribution in [1.29, 1.82) is 0 Å². The van der Waals surface area contributed by atoms with E-state index in [0.29, 0.717) is 23.6 Å². The molecule has 116 valence electrons. The Labute approximate surface area is 128 Å². The van der Waals surface area contributed by atoms with Gasteiger partial charge in [-0.1, -0.05) is 41.5 Å². The van der Waals surface area contributed by atoms with Gasteiger partial charge in [-0.15, -0.1) is 12.4 Å². The predicted octanol–water partition coefficient (Wildman–Crippen LogP) is 3.09. The van der Waals surface area contributed by atoms with Gasteiger partial charge < -0.3 is 10.8 Å². The van der Waals surface area contributed by atoms with E-state index in [4.69, 9.17) is 5.73 Å². The molecule has 0 aromatic carbocycles. The van der Waals surface area contributed by atoms with Gasteiger partial charge in [0.1, 0.15) is 5.82 Å². The van der Waals surface area contributed by atoms with Crippen molar-refractivity contribution in [2.24, 2.45) is 5.73 Å². The first-order valence-electron chi connectivity index (χ1n) is 6.79. The van der Waals surface area contributed by atoms with E-state index in [2.05, 4.69) is 9.97 Å². The van der Waals surface area contributed by atoms with Crippen LogP contribution in [0.3, 0.4) is 0 Å². The molecule has 1 unspecified atom stereocenters. The fourth-order valence-electron chi connectivity index (χ4n) is 1.93. The van der Waals surface area contributed by atoms with E-state index in [9.17, 15) is 5.11 Å². The first-order chi connectivity index (χ1) is 8.43. The number of aromatic hydroxyl groups is 1. The molecule has 1 heterocycles. The molecule has 20 heavy (non-hydrogen) atoms. The maximum absolute atomic E-state index is 10.5. The van der Waals surface area contributed by atoms with E-state index in [0.717, 1.165) is 0 Å². The van der Waals surface area contributed by atoms with E-state index in [1.54, 1.807) is 0 Å². The third kappa shape index (κ3) is 4.60. The van der Waals surface area contributed by atoms with Gasteiger partial charge in [-0.05, 0) is 6.92 Å². The van der Waals surface area contributed by atoms with Gasteiger partial charge in [0.15, 0.2) is 5.75 Å². The predicted molar refractivity (Wildman–Crippen MR) is 85.7 cm³/mol. The molecule has 0 amide bonds. The molecule has 1 atom stereocenters. The molecule has 1 aromatic rings. The fraction of sp³-hybridized carbons (Fsp3) is 0.733. The highest BCUT2D eigenvalue weighted by molar-refractivity contribution is 5.85. The average molecular weight is 302 g/mol. The van der Waals surface area contributed by atoms with Crippen LogP contribution in [0.4, 0.5) is 0 Å². The molecule has 5 heteroatoms. The molecule has 0 aliphatic heterocycles. The molecular formula is C15H28ClN3O. The molecule has 3 N–H and O–H groups in total. The average Bonchev–Trinajstić information content (AvgIpc) is 2.16. The van der Waals surface area contributed by atoms with Crippen LogP contribution in [0.1, 0.15) is 65.7 Å². The Kier molecular flexibility index (Phi) is 6.00. The SMILES string of the molecule is CC(N)Cc1nc(C(C)(C)C)c(O)c(C(C)(C)C)n1.Cl. The lowest BCUT2D eigenvalue weighted by atomic mass is 9.85. The van der Waals surface area contributed by atoms with Gasteiger partial charge in [-0.3, -0.25) is 0 Å². The highest BCUT2D eigenvalue weighted by atomic mass is 35.5. The van der Waals surface area contributed by atoms with Gasteiger partial charge in [0, 0.05) is 23.3 Å². The first kappa shape index (κ1) is 19.1. The van der Waals surface area contributed by atoms with Crippen LogP contribution in [0.5, 0.6) is 5.75 Å². The summed E-state index contributed by atoms with van der Waals surface area (Å²) in [5.74, 6) is 0.927. The number of aromatic nitrogens is 2. The largest absolute Gasteiger partial charge is 0.504 e. The summed E-state index contributed by atoms with van der Waals surface area (Å²) in [4.78, 5) is 9.03. The molecule has 0 saturated heterocycles. The Bertz CT molecular complexity index is 424. The van der Waals surface area contributed by atoms with E-state index in [1.807, 2.05) is 48.5 Å². The van der Waals surface area contributed by atoms with Crippen LogP contribution in [0.25, 0.3) is 0 Å². The quantitative estimate of drug-likeness (QED) is 0.880. The van der Waals surface area contributed by atoms with Gasteiger partial charge in [0.05, 0.1) is 11.4 Å². The third-order valence-electron chi connectivity index (χ3n) is 2.86. The Balaban J connectivity index is 0.00000361. The van der Waals surface area contributed by atoms with Crippen molar-refractivity contribution in [1.82, 2.24) is 9.97 Å². The molecule has 1 aromatic heterocycles. The molecule has 0 spiro atoms. The second-order valence-corrected chi connectivity index (χ2v) is 7.37. The Hall–Kier alpha value is -0.870. The minimum Gasteiger partial charge on any atom is -0.504 e. The van der Waals surface area contributed by atoms with Crippen molar-refractivity contribution in [3.05, 3.63) is 17.2 Å². The van der Waals surface area contributed by atoms with Gasteiger partial charge in [0.25, 0.3) is 0 Å². The van der Waals surface area contributed by atoms with Crippen molar-refractivity contribution < 1.29 is 5.11 Å². The minimum absolute atomic E-state index is 0. The second-order valence-electron chi connectivity index (χ2n) is 7.37. The van der Waals surface area contributed by atoms with E-state index < -0.39 is 0 Å². The summed E-state index contributed by atoms with van der Waals surface area (Å²) in [6.45, 7) is 14.2. The van der Waals surface area contributed by atoms with Crippen molar-refractivity contribution in [3.8, 4) is 5.75 Å². The Morgan fingerprint density at radius 1 is 1.00 bits per heavy atom. The highest BCUT2D eigenvalue weighted by Gasteiger charge is 2.29. The van der Waals surface area contributed by atoms with Crippen LogP contribution in [0, 0.1) is 0 Å².